The molecule has 40 heavy (non-hydrogen) atoms. The summed E-state index contributed by atoms with van der Waals surface area (Å²) >= 11 is 0. The molecule has 3 aromatic carbocycles. The van der Waals surface area contributed by atoms with Gasteiger partial charge in [0.05, 0.1) is 18.8 Å². The molecule has 6 nitrogen and oxygen atoms in total. The van der Waals surface area contributed by atoms with Gasteiger partial charge in [-0.1, -0.05) is 66.7 Å². The van der Waals surface area contributed by atoms with Gasteiger partial charge in [-0.3, -0.25) is 4.79 Å². The number of allylic oxidation sites excluding steroid dienone is 3. The lowest BCUT2D eigenvalue weighted by atomic mass is 9.71. The van der Waals surface area contributed by atoms with Crippen LogP contribution in [-0.4, -0.2) is 25.0 Å². The van der Waals surface area contributed by atoms with Crippen molar-refractivity contribution in [2.24, 2.45) is 0 Å². The highest BCUT2D eigenvalue weighted by Gasteiger charge is 2.41. The molecule has 1 N–H and O–H groups in total. The van der Waals surface area contributed by atoms with Gasteiger partial charge in [-0.25, -0.2) is 4.79 Å². The minimum atomic E-state index is -0.580. The molecule has 0 amide bonds. The molecule has 1 aliphatic heterocycles. The molecule has 0 unspecified atom stereocenters. The zero-order valence-electron chi connectivity index (χ0n) is 23.4. The van der Waals surface area contributed by atoms with Crippen molar-refractivity contribution in [3.8, 4) is 11.5 Å². The van der Waals surface area contributed by atoms with Gasteiger partial charge in [0.2, 0.25) is 0 Å². The van der Waals surface area contributed by atoms with Gasteiger partial charge < -0.3 is 19.5 Å². The zero-order valence-corrected chi connectivity index (χ0v) is 23.4. The maximum Gasteiger partial charge on any atom is 0.337 e. The molecule has 1 aliphatic carbocycles. The Labute approximate surface area is 235 Å². The van der Waals surface area contributed by atoms with Gasteiger partial charge in [0.25, 0.3) is 0 Å². The molecule has 0 saturated carbocycles. The first-order valence-corrected chi connectivity index (χ1v) is 13.7. The highest BCUT2D eigenvalue weighted by molar-refractivity contribution is 6.04. The molecule has 6 heteroatoms. The van der Waals surface area contributed by atoms with Gasteiger partial charge in [0.1, 0.15) is 6.61 Å². The van der Waals surface area contributed by atoms with Gasteiger partial charge in [-0.2, -0.15) is 0 Å². The zero-order chi connectivity index (χ0) is 28.2. The second-order valence-corrected chi connectivity index (χ2v) is 10.6. The molecule has 3 aromatic rings. The number of carbonyl (C=O) groups excluding carboxylic acids is 2. The molecular weight excluding hydrogens is 502 g/mol. The van der Waals surface area contributed by atoms with E-state index in [0.717, 1.165) is 22.4 Å². The normalized spacial score (nSPS) is 18.8. The molecule has 2 aliphatic rings. The molecule has 2 atom stereocenters. The van der Waals surface area contributed by atoms with E-state index >= 15 is 0 Å². The third-order valence-electron chi connectivity index (χ3n) is 7.42. The van der Waals surface area contributed by atoms with Crippen LogP contribution in [0.25, 0.3) is 0 Å². The van der Waals surface area contributed by atoms with E-state index in [1.54, 1.807) is 7.11 Å². The molecule has 0 radical (unpaired) electrons. The SMILES string of the molecule is COc1cc([C@H]2C(C(=O)OC(C)C)=C(C)NC3=C2C(=O)C[C@@H](c2ccccc2)C3)ccc1OCc1ccccc1. The van der Waals surface area contributed by atoms with Gasteiger partial charge in [0, 0.05) is 29.3 Å². The summed E-state index contributed by atoms with van der Waals surface area (Å²) in [6.45, 7) is 5.91. The van der Waals surface area contributed by atoms with Crippen LogP contribution >= 0.6 is 0 Å². The summed E-state index contributed by atoms with van der Waals surface area (Å²) in [6, 6.07) is 25.6. The molecule has 0 bridgehead atoms. The number of esters is 1. The Hall–Kier alpha value is -4.32. The third kappa shape index (κ3) is 5.67. The number of carbonyl (C=O) groups is 2. The number of benzene rings is 3. The second-order valence-electron chi connectivity index (χ2n) is 10.6. The minimum absolute atomic E-state index is 0.0262. The predicted octanol–water partition coefficient (Wildman–Crippen LogP) is 6.59. The van der Waals surface area contributed by atoms with Crippen LogP contribution in [0.2, 0.25) is 0 Å². The molecule has 1 heterocycles. The summed E-state index contributed by atoms with van der Waals surface area (Å²) in [6.07, 6.45) is 0.764. The first-order chi connectivity index (χ1) is 19.4. The summed E-state index contributed by atoms with van der Waals surface area (Å²) in [5, 5.41) is 3.41. The Bertz CT molecular complexity index is 1460. The van der Waals surface area contributed by atoms with Crippen LogP contribution in [0.4, 0.5) is 0 Å². The van der Waals surface area contributed by atoms with E-state index in [9.17, 15) is 9.59 Å². The number of ether oxygens (including phenoxy) is 3. The monoisotopic (exact) mass is 537 g/mol. The van der Waals surface area contributed by atoms with Crippen molar-refractivity contribution < 1.29 is 23.8 Å². The predicted molar refractivity (Wildman–Crippen MR) is 154 cm³/mol. The Kier molecular flexibility index (Phi) is 8.06. The maximum atomic E-state index is 13.8. The number of hydrogen-bond acceptors (Lipinski definition) is 6. The van der Waals surface area contributed by atoms with E-state index in [2.05, 4.69) is 17.4 Å². The van der Waals surface area contributed by atoms with Crippen molar-refractivity contribution >= 4 is 11.8 Å². The lowest BCUT2D eigenvalue weighted by Gasteiger charge is -2.37. The van der Waals surface area contributed by atoms with Crippen LogP contribution in [0, 0.1) is 0 Å². The molecule has 0 aromatic heterocycles. The summed E-state index contributed by atoms with van der Waals surface area (Å²) in [7, 11) is 1.59. The first kappa shape index (κ1) is 27.3. The molecule has 0 saturated heterocycles. The highest BCUT2D eigenvalue weighted by Crippen LogP contribution is 2.47. The standard InChI is InChI=1S/C34H35NO5/c1-21(2)40-34(37)31-22(3)35-27-17-26(24-13-9-6-10-14-24)18-28(36)33(27)32(31)25-15-16-29(30(19-25)38-4)39-20-23-11-7-5-8-12-23/h5-16,19,21,26,32,35H,17-18,20H2,1-4H3/t26-,32-/m0/s1. The summed E-state index contributed by atoms with van der Waals surface area (Å²) in [5.41, 5.74) is 5.57. The van der Waals surface area contributed by atoms with Gasteiger partial charge in [-0.15, -0.1) is 0 Å². The number of rotatable bonds is 8. The van der Waals surface area contributed by atoms with Crippen molar-refractivity contribution in [3.63, 3.8) is 0 Å². The number of nitrogens with one attached hydrogen (secondary N) is 1. The minimum Gasteiger partial charge on any atom is -0.493 e. The largest absolute Gasteiger partial charge is 0.493 e. The van der Waals surface area contributed by atoms with Crippen molar-refractivity contribution in [2.75, 3.05) is 7.11 Å². The van der Waals surface area contributed by atoms with Crippen LogP contribution in [-0.2, 0) is 20.9 Å². The quantitative estimate of drug-likeness (QED) is 0.327. The fourth-order valence-corrected chi connectivity index (χ4v) is 5.60. The number of hydrogen-bond donors (Lipinski definition) is 1. The fourth-order valence-electron chi connectivity index (χ4n) is 5.60. The Morgan fingerprint density at radius 3 is 2.30 bits per heavy atom. The van der Waals surface area contributed by atoms with Crippen LogP contribution in [0.5, 0.6) is 11.5 Å². The van der Waals surface area contributed by atoms with Crippen molar-refractivity contribution in [1.29, 1.82) is 0 Å². The average Bonchev–Trinajstić information content (AvgIpc) is 2.95. The van der Waals surface area contributed by atoms with Gasteiger partial charge >= 0.3 is 5.97 Å². The second kappa shape index (κ2) is 11.8. The topological polar surface area (TPSA) is 73.9 Å². The first-order valence-electron chi connectivity index (χ1n) is 13.7. The third-order valence-corrected chi connectivity index (χ3v) is 7.42. The number of ketones is 1. The number of methoxy groups -OCH3 is 1. The molecule has 5 rings (SSSR count). The number of dihydropyridines is 1. The van der Waals surface area contributed by atoms with Crippen LogP contribution in [0.15, 0.2) is 101 Å². The van der Waals surface area contributed by atoms with Crippen molar-refractivity contribution in [1.82, 2.24) is 5.32 Å². The lowest BCUT2D eigenvalue weighted by Crippen LogP contribution is -2.36. The van der Waals surface area contributed by atoms with E-state index in [0.29, 0.717) is 47.8 Å². The van der Waals surface area contributed by atoms with E-state index in [4.69, 9.17) is 14.2 Å². The van der Waals surface area contributed by atoms with Crippen molar-refractivity contribution in [2.45, 2.75) is 58.2 Å². The van der Waals surface area contributed by atoms with Crippen molar-refractivity contribution in [3.05, 3.63) is 118 Å². The van der Waals surface area contributed by atoms with E-state index in [1.807, 2.05) is 87.5 Å². The van der Waals surface area contributed by atoms with E-state index in [-0.39, 0.29) is 17.8 Å². The van der Waals surface area contributed by atoms with E-state index in [1.165, 1.54) is 0 Å². The van der Waals surface area contributed by atoms with Gasteiger partial charge in [0.15, 0.2) is 17.3 Å². The van der Waals surface area contributed by atoms with Gasteiger partial charge in [-0.05, 0) is 61.9 Å². The molecule has 0 spiro atoms. The van der Waals surface area contributed by atoms with Crippen LogP contribution in [0.3, 0.4) is 0 Å². The average molecular weight is 538 g/mol. The molecule has 206 valence electrons. The van der Waals surface area contributed by atoms with Crippen LogP contribution in [0.1, 0.15) is 62.1 Å². The Balaban J connectivity index is 1.54. The summed E-state index contributed by atoms with van der Waals surface area (Å²) < 4.78 is 17.5. The van der Waals surface area contributed by atoms with E-state index < -0.39 is 11.9 Å². The number of Topliss-reactive ketones (excluding diaryl/α,β-unsaturated/α-hetero) is 1. The molecular formula is C34H35NO5. The Morgan fingerprint density at radius 2 is 1.62 bits per heavy atom. The lowest BCUT2D eigenvalue weighted by molar-refractivity contribution is -0.143. The fraction of sp³-hybridized carbons (Fsp3) is 0.294. The maximum absolute atomic E-state index is 13.8. The molecule has 0 fully saturated rings. The van der Waals surface area contributed by atoms with Crippen LogP contribution < -0.4 is 14.8 Å². The summed E-state index contributed by atoms with van der Waals surface area (Å²) in [4.78, 5) is 27.3. The Morgan fingerprint density at radius 1 is 0.925 bits per heavy atom. The smallest absolute Gasteiger partial charge is 0.337 e. The summed E-state index contributed by atoms with van der Waals surface area (Å²) in [5.74, 6) is 0.207. The highest BCUT2D eigenvalue weighted by atomic mass is 16.5.